The molecule has 2 aromatic carbocycles. The summed E-state index contributed by atoms with van der Waals surface area (Å²) in [5.74, 6) is -0.365. The third kappa shape index (κ3) is 5.25. The van der Waals surface area contributed by atoms with Crippen LogP contribution in [0.5, 0.6) is 0 Å². The van der Waals surface area contributed by atoms with Crippen LogP contribution in [0.4, 0.5) is 15.8 Å². The monoisotopic (exact) mass is 524 g/mol. The lowest BCUT2D eigenvalue weighted by Crippen LogP contribution is -2.22. The molecule has 4 aromatic rings. The summed E-state index contributed by atoms with van der Waals surface area (Å²) in [5, 5.41) is 45.7. The number of pyridine rings is 1. The van der Waals surface area contributed by atoms with E-state index < -0.39 is 11.6 Å². The topological polar surface area (TPSA) is 135 Å². The molecule has 198 valence electrons. The molecule has 10 heteroatoms. The number of rotatable bonds is 8. The number of nitrogens with zero attached hydrogens (tertiary/aromatic N) is 6. The first-order valence-corrected chi connectivity index (χ1v) is 12.7. The highest BCUT2D eigenvalue weighted by molar-refractivity contribution is 6.01. The van der Waals surface area contributed by atoms with Crippen molar-refractivity contribution in [1.29, 1.82) is 10.5 Å². The number of benzene rings is 2. The van der Waals surface area contributed by atoms with Gasteiger partial charge < -0.3 is 15.7 Å². The van der Waals surface area contributed by atoms with Crippen LogP contribution in [0, 0.1) is 33.9 Å². The van der Waals surface area contributed by atoms with E-state index in [1.807, 2.05) is 0 Å². The second-order valence-electron chi connectivity index (χ2n) is 11.2. The summed E-state index contributed by atoms with van der Waals surface area (Å²) >= 11 is 0. The van der Waals surface area contributed by atoms with Gasteiger partial charge in [-0.3, -0.25) is 4.98 Å². The molecule has 2 aromatic heterocycles. The number of aliphatic hydroxyl groups excluding tert-OH is 1. The van der Waals surface area contributed by atoms with E-state index in [9.17, 15) is 20.0 Å². The Morgan fingerprint density at radius 1 is 1.15 bits per heavy atom. The molecule has 1 fully saturated rings. The summed E-state index contributed by atoms with van der Waals surface area (Å²) in [6, 6.07) is 13.4. The van der Waals surface area contributed by atoms with Crippen LogP contribution in [0.1, 0.15) is 62.0 Å². The quantitative estimate of drug-likeness (QED) is 0.298. The lowest BCUT2D eigenvalue weighted by molar-refractivity contribution is 0.200. The number of aliphatic hydroxyl groups is 1. The van der Waals surface area contributed by atoms with Gasteiger partial charge in [-0.05, 0) is 48.1 Å². The summed E-state index contributed by atoms with van der Waals surface area (Å²) in [6.45, 7) is 6.84. The Balaban J connectivity index is 1.63. The zero-order valence-corrected chi connectivity index (χ0v) is 22.0. The van der Waals surface area contributed by atoms with Crippen LogP contribution in [0.3, 0.4) is 0 Å². The van der Waals surface area contributed by atoms with Crippen LogP contribution < -0.4 is 10.6 Å². The molecule has 0 spiro atoms. The van der Waals surface area contributed by atoms with Crippen molar-refractivity contribution in [2.24, 2.45) is 5.41 Å². The number of anilines is 2. The Morgan fingerprint density at radius 3 is 2.51 bits per heavy atom. The number of hydrogen-bond acceptors (Lipinski definition) is 8. The molecule has 9 nitrogen and oxygen atoms in total. The molecule has 3 N–H and O–H groups in total. The Morgan fingerprint density at radius 2 is 1.90 bits per heavy atom. The summed E-state index contributed by atoms with van der Waals surface area (Å²) in [6.07, 6.45) is 4.93. The van der Waals surface area contributed by atoms with Crippen molar-refractivity contribution in [3.8, 4) is 12.1 Å². The Labute approximate surface area is 225 Å². The van der Waals surface area contributed by atoms with E-state index in [1.54, 1.807) is 35.1 Å². The molecule has 1 atom stereocenters. The van der Waals surface area contributed by atoms with Crippen LogP contribution in [0.25, 0.3) is 10.9 Å². The molecule has 0 unspecified atom stereocenters. The average Bonchev–Trinajstić information content (AvgIpc) is 3.57. The maximum Gasteiger partial charge on any atom is 0.123 e. The number of nitriles is 2. The van der Waals surface area contributed by atoms with Crippen molar-refractivity contribution >= 4 is 22.3 Å². The first kappa shape index (κ1) is 26.1. The van der Waals surface area contributed by atoms with Crippen molar-refractivity contribution in [2.75, 3.05) is 23.8 Å². The Hall–Kier alpha value is -4.54. The zero-order valence-electron chi connectivity index (χ0n) is 22.0. The third-order valence-corrected chi connectivity index (χ3v) is 6.93. The molecule has 39 heavy (non-hydrogen) atoms. The largest absolute Gasteiger partial charge is 0.394 e. The smallest absolute Gasteiger partial charge is 0.123 e. The minimum absolute atomic E-state index is 0.0330. The number of halogens is 1. The minimum atomic E-state index is -0.561. The van der Waals surface area contributed by atoms with Gasteiger partial charge in [0.25, 0.3) is 0 Å². The molecular weight excluding hydrogens is 495 g/mol. The molecule has 1 aliphatic carbocycles. The van der Waals surface area contributed by atoms with Crippen LogP contribution in [0.2, 0.25) is 0 Å². The highest BCUT2D eigenvalue weighted by atomic mass is 19.1. The molecule has 2 heterocycles. The van der Waals surface area contributed by atoms with Gasteiger partial charge in [0.15, 0.2) is 0 Å². The summed E-state index contributed by atoms with van der Waals surface area (Å²) < 4.78 is 15.5. The van der Waals surface area contributed by atoms with E-state index in [4.69, 9.17) is 0 Å². The Kier molecular flexibility index (Phi) is 6.67. The summed E-state index contributed by atoms with van der Waals surface area (Å²) in [4.78, 5) is 4.59. The normalized spacial score (nSPS) is 14.8. The fourth-order valence-electron chi connectivity index (χ4n) is 4.49. The van der Waals surface area contributed by atoms with Gasteiger partial charge in [-0.2, -0.15) is 10.5 Å². The molecular formula is C29H29FN8O. The number of hydrogen-bond donors (Lipinski definition) is 3. The van der Waals surface area contributed by atoms with E-state index in [0.29, 0.717) is 45.6 Å². The molecule has 1 aliphatic rings. The standard InChI is InChI=1S/C29H29FN8O/c1-28(2,3)16-34-25-20(13-32)14-33-27-22(25)10-18(12-31)11-23(27)35-26(19-4-6-21(30)7-5-19)24-15-38(37-36-24)29(17-39)8-9-29/h4-7,10-11,14-15,26,35,39H,8-9,16-17H2,1-3H3,(H,33,34)/t26-/m0/s1. The van der Waals surface area contributed by atoms with Gasteiger partial charge in [0.1, 0.15) is 17.6 Å². The predicted octanol–water partition coefficient (Wildman–Crippen LogP) is 4.85. The van der Waals surface area contributed by atoms with E-state index in [2.05, 4.69) is 58.8 Å². The van der Waals surface area contributed by atoms with E-state index in [0.717, 1.165) is 18.4 Å². The van der Waals surface area contributed by atoms with Crippen molar-refractivity contribution < 1.29 is 9.50 Å². The zero-order chi connectivity index (χ0) is 27.8. The van der Waals surface area contributed by atoms with Crippen molar-refractivity contribution in [3.05, 3.63) is 77.0 Å². The molecule has 0 bridgehead atoms. The summed E-state index contributed by atoms with van der Waals surface area (Å²) in [7, 11) is 0. The van der Waals surface area contributed by atoms with Gasteiger partial charge in [0, 0.05) is 18.1 Å². The van der Waals surface area contributed by atoms with E-state index in [-0.39, 0.29) is 17.8 Å². The second kappa shape index (κ2) is 9.97. The van der Waals surface area contributed by atoms with Crippen molar-refractivity contribution in [1.82, 2.24) is 20.0 Å². The first-order valence-electron chi connectivity index (χ1n) is 12.7. The predicted molar refractivity (Wildman–Crippen MR) is 145 cm³/mol. The second-order valence-corrected chi connectivity index (χ2v) is 11.2. The minimum Gasteiger partial charge on any atom is -0.394 e. The van der Waals surface area contributed by atoms with Gasteiger partial charge >= 0.3 is 0 Å². The van der Waals surface area contributed by atoms with Crippen LogP contribution in [-0.4, -0.2) is 38.2 Å². The van der Waals surface area contributed by atoms with Gasteiger partial charge in [0.05, 0.1) is 58.5 Å². The fraction of sp³-hybridized carbons (Fsp3) is 0.345. The van der Waals surface area contributed by atoms with Crippen molar-refractivity contribution in [3.63, 3.8) is 0 Å². The van der Waals surface area contributed by atoms with E-state index in [1.165, 1.54) is 18.3 Å². The molecule has 0 saturated heterocycles. The van der Waals surface area contributed by atoms with Gasteiger partial charge in [0.2, 0.25) is 0 Å². The molecule has 0 aliphatic heterocycles. The van der Waals surface area contributed by atoms with Crippen LogP contribution in [-0.2, 0) is 5.54 Å². The lowest BCUT2D eigenvalue weighted by atomic mass is 9.96. The third-order valence-electron chi connectivity index (χ3n) is 6.93. The fourth-order valence-corrected chi connectivity index (χ4v) is 4.49. The molecule has 0 radical (unpaired) electrons. The maximum atomic E-state index is 13.8. The number of aromatic nitrogens is 4. The average molecular weight is 525 g/mol. The van der Waals surface area contributed by atoms with Gasteiger partial charge in [-0.15, -0.1) is 5.10 Å². The van der Waals surface area contributed by atoms with E-state index >= 15 is 0 Å². The van der Waals surface area contributed by atoms with Crippen LogP contribution in [0.15, 0.2) is 48.8 Å². The highest BCUT2D eigenvalue weighted by Crippen LogP contribution is 2.43. The number of nitrogens with one attached hydrogen (secondary N) is 2. The van der Waals surface area contributed by atoms with Crippen LogP contribution >= 0.6 is 0 Å². The number of fused-ring (bicyclic) bond motifs is 1. The molecule has 1 saturated carbocycles. The SMILES string of the molecule is CC(C)(C)CNc1c(C#N)cnc2c(N[C@@H](c3ccc(F)cc3)c3cn(C4(CO)CC4)nn3)cc(C#N)cc12. The highest BCUT2D eigenvalue weighted by Gasteiger charge is 2.45. The lowest BCUT2D eigenvalue weighted by Gasteiger charge is -2.23. The van der Waals surface area contributed by atoms with Gasteiger partial charge in [-0.1, -0.05) is 38.1 Å². The Bertz CT molecular complexity index is 1600. The maximum absolute atomic E-state index is 13.8. The summed E-state index contributed by atoms with van der Waals surface area (Å²) in [5.41, 5.74) is 3.31. The van der Waals surface area contributed by atoms with Crippen molar-refractivity contribution in [2.45, 2.75) is 45.2 Å². The molecule has 0 amide bonds. The first-order chi connectivity index (χ1) is 18.7. The van der Waals surface area contributed by atoms with Gasteiger partial charge in [-0.25, -0.2) is 9.07 Å². The molecule has 5 rings (SSSR count).